The zero-order chi connectivity index (χ0) is 12.3. The summed E-state index contributed by atoms with van der Waals surface area (Å²) in [5, 5.41) is 0.846. The van der Waals surface area contributed by atoms with Crippen molar-refractivity contribution < 1.29 is 0 Å². The van der Waals surface area contributed by atoms with Crippen LogP contribution in [0.15, 0.2) is 22.7 Å². The average molecular weight is 337 g/mol. The van der Waals surface area contributed by atoms with Gasteiger partial charge in [0.05, 0.1) is 0 Å². The Bertz CT molecular complexity index is 376. The van der Waals surface area contributed by atoms with Crippen LogP contribution < -0.4 is 0 Å². The van der Waals surface area contributed by atoms with E-state index in [0.717, 1.165) is 35.0 Å². The predicted molar refractivity (Wildman–Crippen MR) is 77.9 cm³/mol. The highest BCUT2D eigenvalue weighted by atomic mass is 79.9. The number of benzene rings is 1. The summed E-state index contributed by atoms with van der Waals surface area (Å²) < 4.78 is 1.03. The number of hydrogen-bond acceptors (Lipinski definition) is 1. The highest BCUT2D eigenvalue weighted by Crippen LogP contribution is 2.25. The van der Waals surface area contributed by atoms with E-state index in [1.807, 2.05) is 12.1 Å². The number of piperidine rings is 1. The maximum absolute atomic E-state index is 6.23. The fraction of sp³-hybridized carbons (Fsp3) is 0.538. The molecule has 2 rings (SSSR count). The molecule has 4 heteroatoms. The summed E-state index contributed by atoms with van der Waals surface area (Å²) >= 11 is 15.5. The summed E-state index contributed by atoms with van der Waals surface area (Å²) in [5.74, 6) is 1.50. The predicted octanol–water partition coefficient (Wildman–Crippen LogP) is 4.55. The summed E-state index contributed by atoms with van der Waals surface area (Å²) in [5.41, 5.74) is 1.21. The first kappa shape index (κ1) is 13.7. The molecule has 1 aliphatic heterocycles. The van der Waals surface area contributed by atoms with Crippen LogP contribution in [0.4, 0.5) is 0 Å². The average Bonchev–Trinajstić information content (AvgIpc) is 2.34. The van der Waals surface area contributed by atoms with E-state index in [0.29, 0.717) is 5.92 Å². The van der Waals surface area contributed by atoms with Gasteiger partial charge in [0.15, 0.2) is 0 Å². The van der Waals surface area contributed by atoms with Gasteiger partial charge in [0.25, 0.3) is 0 Å². The summed E-state index contributed by atoms with van der Waals surface area (Å²) in [6.07, 6.45) is 2.41. The third-order valence-corrected chi connectivity index (χ3v) is 4.62. The Labute approximate surface area is 121 Å². The number of hydrogen-bond donors (Lipinski definition) is 0. The monoisotopic (exact) mass is 335 g/mol. The lowest BCUT2D eigenvalue weighted by molar-refractivity contribution is 0.186. The third kappa shape index (κ3) is 3.85. The minimum Gasteiger partial charge on any atom is -0.299 e. The Kier molecular flexibility index (Phi) is 5.16. The Hall–Kier alpha value is 0.240. The molecule has 0 amide bonds. The maximum atomic E-state index is 6.23. The molecule has 17 heavy (non-hydrogen) atoms. The largest absolute Gasteiger partial charge is 0.299 e. The van der Waals surface area contributed by atoms with E-state index >= 15 is 0 Å². The smallest absolute Gasteiger partial charge is 0.0462 e. The number of alkyl halides is 1. The van der Waals surface area contributed by atoms with E-state index in [4.69, 9.17) is 23.2 Å². The van der Waals surface area contributed by atoms with Crippen molar-refractivity contribution in [2.24, 2.45) is 5.92 Å². The number of likely N-dealkylation sites (tertiary alicyclic amines) is 1. The molecule has 1 aromatic rings. The van der Waals surface area contributed by atoms with Crippen molar-refractivity contribution >= 4 is 39.1 Å². The van der Waals surface area contributed by atoms with E-state index in [9.17, 15) is 0 Å². The van der Waals surface area contributed by atoms with E-state index < -0.39 is 0 Å². The van der Waals surface area contributed by atoms with Gasteiger partial charge in [-0.3, -0.25) is 4.90 Å². The van der Waals surface area contributed by atoms with E-state index in [2.05, 4.69) is 26.9 Å². The van der Waals surface area contributed by atoms with Crippen molar-refractivity contribution in [1.29, 1.82) is 0 Å². The second kappa shape index (κ2) is 6.42. The van der Waals surface area contributed by atoms with Gasteiger partial charge in [-0.25, -0.2) is 0 Å². The normalized spacial score (nSPS) is 18.5. The Morgan fingerprint density at radius 3 is 2.59 bits per heavy atom. The molecule has 1 saturated heterocycles. The molecule has 1 fully saturated rings. The number of nitrogens with zero attached hydrogens (tertiary/aromatic N) is 1. The molecule has 1 nitrogen and oxygen atoms in total. The molecular formula is C13H16BrCl2N. The second-order valence-electron chi connectivity index (χ2n) is 4.61. The molecule has 1 aromatic carbocycles. The molecule has 94 valence electrons. The van der Waals surface area contributed by atoms with Crippen LogP contribution >= 0.6 is 39.1 Å². The molecule has 0 aromatic heterocycles. The molecule has 0 atom stereocenters. The SMILES string of the molecule is ClCC1CCN(Cc2ccc(Br)cc2Cl)CC1. The Morgan fingerprint density at radius 1 is 1.29 bits per heavy atom. The first-order chi connectivity index (χ1) is 8.19. The van der Waals surface area contributed by atoms with Gasteiger partial charge < -0.3 is 0 Å². The quantitative estimate of drug-likeness (QED) is 0.732. The van der Waals surface area contributed by atoms with Crippen molar-refractivity contribution in [1.82, 2.24) is 4.90 Å². The van der Waals surface area contributed by atoms with Crippen LogP contribution in [0.5, 0.6) is 0 Å². The first-order valence-corrected chi connectivity index (χ1v) is 7.62. The fourth-order valence-corrected chi connectivity index (χ4v) is 3.23. The topological polar surface area (TPSA) is 3.24 Å². The standard InChI is InChI=1S/C13H16BrCl2N/c14-12-2-1-11(13(16)7-12)9-17-5-3-10(8-15)4-6-17/h1-2,7,10H,3-6,8-9H2. The lowest BCUT2D eigenvalue weighted by atomic mass is 9.98. The van der Waals surface area contributed by atoms with Crippen LogP contribution in [-0.2, 0) is 6.54 Å². The van der Waals surface area contributed by atoms with E-state index in [-0.39, 0.29) is 0 Å². The Balaban J connectivity index is 1.93. The molecule has 0 radical (unpaired) electrons. The zero-order valence-corrected chi connectivity index (χ0v) is 12.7. The highest BCUT2D eigenvalue weighted by molar-refractivity contribution is 9.10. The molecule has 1 heterocycles. The van der Waals surface area contributed by atoms with Crippen LogP contribution in [-0.4, -0.2) is 23.9 Å². The zero-order valence-electron chi connectivity index (χ0n) is 9.63. The molecule has 0 bridgehead atoms. The van der Waals surface area contributed by atoms with Crippen LogP contribution in [0, 0.1) is 5.92 Å². The summed E-state index contributed by atoms with van der Waals surface area (Å²) in [4.78, 5) is 2.46. The van der Waals surface area contributed by atoms with Crippen molar-refractivity contribution in [2.45, 2.75) is 19.4 Å². The third-order valence-electron chi connectivity index (χ3n) is 3.33. The first-order valence-electron chi connectivity index (χ1n) is 5.91. The van der Waals surface area contributed by atoms with Crippen LogP contribution in [0.2, 0.25) is 5.02 Å². The number of rotatable bonds is 3. The van der Waals surface area contributed by atoms with Gasteiger partial charge in [-0.1, -0.05) is 33.6 Å². The van der Waals surface area contributed by atoms with Gasteiger partial charge in [-0.2, -0.15) is 0 Å². The Morgan fingerprint density at radius 2 is 2.00 bits per heavy atom. The molecular weight excluding hydrogens is 321 g/mol. The van der Waals surface area contributed by atoms with Crippen LogP contribution in [0.1, 0.15) is 18.4 Å². The lowest BCUT2D eigenvalue weighted by Gasteiger charge is -2.31. The van der Waals surface area contributed by atoms with Gasteiger partial charge >= 0.3 is 0 Å². The highest BCUT2D eigenvalue weighted by Gasteiger charge is 2.18. The van der Waals surface area contributed by atoms with Gasteiger partial charge in [-0.05, 0) is 49.5 Å². The van der Waals surface area contributed by atoms with Crippen LogP contribution in [0.25, 0.3) is 0 Å². The van der Waals surface area contributed by atoms with E-state index in [1.165, 1.54) is 18.4 Å². The molecule has 0 N–H and O–H groups in total. The number of halogens is 3. The maximum Gasteiger partial charge on any atom is 0.0462 e. The molecule has 0 spiro atoms. The van der Waals surface area contributed by atoms with Gasteiger partial charge in [0.2, 0.25) is 0 Å². The molecule has 0 aliphatic carbocycles. The van der Waals surface area contributed by atoms with Gasteiger partial charge in [0.1, 0.15) is 0 Å². The summed E-state index contributed by atoms with van der Waals surface area (Å²) in [7, 11) is 0. The molecule has 0 unspecified atom stereocenters. The minimum atomic E-state index is 0.702. The van der Waals surface area contributed by atoms with Crippen molar-refractivity contribution in [3.8, 4) is 0 Å². The molecule has 1 aliphatic rings. The van der Waals surface area contributed by atoms with Crippen molar-refractivity contribution in [3.63, 3.8) is 0 Å². The van der Waals surface area contributed by atoms with Crippen LogP contribution in [0.3, 0.4) is 0 Å². The molecule has 0 saturated carbocycles. The van der Waals surface area contributed by atoms with Gasteiger partial charge in [0, 0.05) is 21.9 Å². The summed E-state index contributed by atoms with van der Waals surface area (Å²) in [6, 6.07) is 6.11. The van der Waals surface area contributed by atoms with Crippen molar-refractivity contribution in [2.75, 3.05) is 19.0 Å². The second-order valence-corrected chi connectivity index (χ2v) is 6.24. The summed E-state index contributed by atoms with van der Waals surface area (Å²) in [6.45, 7) is 3.20. The van der Waals surface area contributed by atoms with Crippen molar-refractivity contribution in [3.05, 3.63) is 33.3 Å². The minimum absolute atomic E-state index is 0.702. The lowest BCUT2D eigenvalue weighted by Crippen LogP contribution is -2.33. The van der Waals surface area contributed by atoms with Gasteiger partial charge in [-0.15, -0.1) is 11.6 Å². The van der Waals surface area contributed by atoms with E-state index in [1.54, 1.807) is 0 Å². The fourth-order valence-electron chi connectivity index (χ4n) is 2.19.